The monoisotopic (exact) mass is 537 g/mol. The van der Waals surface area contributed by atoms with Crippen LogP contribution >= 0.6 is 0 Å². The standard InChI is InChI=1S/C24H26N2.Pt/c1-17-18(2)26-16-24(5,6)22-12-8-10-20(14-22)19-9-7-11-21(13-19)23(3,4)15-25-17;/h7-12,15-16H,1-6H3;/q-2;+2/b18-17-,25-15?,26-16?;. The third-order valence-corrected chi connectivity index (χ3v) is 4.95. The van der Waals surface area contributed by atoms with Crippen LogP contribution in [0.5, 0.6) is 0 Å². The molecule has 3 heteroatoms. The van der Waals surface area contributed by atoms with Crippen molar-refractivity contribution in [2.45, 2.75) is 52.4 Å². The second-order valence-corrected chi connectivity index (χ2v) is 8.09. The van der Waals surface area contributed by atoms with E-state index in [0.717, 1.165) is 33.6 Å². The van der Waals surface area contributed by atoms with Crippen LogP contribution in [0.2, 0.25) is 0 Å². The average molecular weight is 538 g/mol. The molecule has 0 spiro atoms. The number of nitrogens with zero attached hydrogens (tertiary/aromatic N) is 2. The first-order chi connectivity index (χ1) is 12.2. The number of hydrogen-bond donors (Lipinski definition) is 0. The molecule has 1 heterocycles. The van der Waals surface area contributed by atoms with Gasteiger partial charge in [0, 0.05) is 23.3 Å². The van der Waals surface area contributed by atoms with Gasteiger partial charge in [-0.1, -0.05) is 27.7 Å². The Kier molecular flexibility index (Phi) is 6.42. The van der Waals surface area contributed by atoms with Crippen molar-refractivity contribution in [3.8, 4) is 11.1 Å². The molecular weight excluding hydrogens is 511 g/mol. The quantitative estimate of drug-likeness (QED) is 0.373. The number of hydrogen-bond acceptors (Lipinski definition) is 2. The molecule has 2 aromatic carbocycles. The van der Waals surface area contributed by atoms with E-state index in [1.54, 1.807) is 0 Å². The van der Waals surface area contributed by atoms with E-state index in [4.69, 9.17) is 0 Å². The van der Waals surface area contributed by atoms with E-state index >= 15 is 0 Å². The van der Waals surface area contributed by atoms with Gasteiger partial charge in [0.1, 0.15) is 0 Å². The van der Waals surface area contributed by atoms with Crippen molar-refractivity contribution in [1.82, 2.24) is 0 Å². The molecule has 0 unspecified atom stereocenters. The predicted octanol–water partition coefficient (Wildman–Crippen LogP) is 5.91. The van der Waals surface area contributed by atoms with E-state index in [0.29, 0.717) is 0 Å². The van der Waals surface area contributed by atoms with E-state index < -0.39 is 0 Å². The average Bonchev–Trinajstić information content (AvgIpc) is 2.64. The Morgan fingerprint density at radius 1 is 0.667 bits per heavy atom. The molecule has 2 aromatic rings. The van der Waals surface area contributed by atoms with Gasteiger partial charge in [-0.15, -0.1) is 23.3 Å². The summed E-state index contributed by atoms with van der Waals surface area (Å²) in [6.45, 7) is 12.6. The zero-order chi connectivity index (χ0) is 18.9. The molecule has 2 nitrogen and oxygen atoms in total. The normalized spacial score (nSPS) is 20.5. The first kappa shape index (κ1) is 21.5. The first-order valence-electron chi connectivity index (χ1n) is 9.03. The summed E-state index contributed by atoms with van der Waals surface area (Å²) in [5, 5.41) is 0. The largest absolute Gasteiger partial charge is 2.00 e. The van der Waals surface area contributed by atoms with Crippen molar-refractivity contribution in [3.63, 3.8) is 0 Å². The fourth-order valence-electron chi connectivity index (χ4n) is 2.85. The van der Waals surface area contributed by atoms with E-state index in [2.05, 4.69) is 86.2 Å². The number of allylic oxidation sites excluding steroid dienone is 2. The van der Waals surface area contributed by atoms with Crippen LogP contribution in [0.3, 0.4) is 0 Å². The van der Waals surface area contributed by atoms with Crippen LogP contribution in [0, 0.1) is 12.1 Å². The Balaban J connectivity index is 0.00000261. The van der Waals surface area contributed by atoms with Crippen LogP contribution in [0.1, 0.15) is 52.7 Å². The van der Waals surface area contributed by atoms with Crippen LogP contribution in [-0.4, -0.2) is 12.4 Å². The number of benzene rings is 2. The van der Waals surface area contributed by atoms with E-state index in [1.165, 1.54) is 0 Å². The minimum atomic E-state index is -0.220. The van der Waals surface area contributed by atoms with Gasteiger partial charge in [-0.05, 0) is 13.8 Å². The molecule has 4 bridgehead atoms. The van der Waals surface area contributed by atoms with Gasteiger partial charge in [-0.3, -0.25) is 9.98 Å². The maximum atomic E-state index is 4.69. The third-order valence-electron chi connectivity index (χ3n) is 4.95. The van der Waals surface area contributed by atoms with Gasteiger partial charge >= 0.3 is 21.1 Å². The molecule has 27 heavy (non-hydrogen) atoms. The summed E-state index contributed by atoms with van der Waals surface area (Å²) in [5.74, 6) is 0. The van der Waals surface area contributed by atoms with Crippen molar-refractivity contribution in [2.24, 2.45) is 9.98 Å². The molecule has 0 saturated carbocycles. The number of fused-ring (bicyclic) bond motifs is 5. The molecular formula is C24H26N2Pt. The maximum Gasteiger partial charge on any atom is 2.00 e. The van der Waals surface area contributed by atoms with Crippen LogP contribution < -0.4 is 0 Å². The van der Waals surface area contributed by atoms with E-state index in [1.807, 2.05) is 26.3 Å². The zero-order valence-electron chi connectivity index (χ0n) is 16.8. The number of rotatable bonds is 0. The molecule has 142 valence electrons. The van der Waals surface area contributed by atoms with Crippen molar-refractivity contribution in [3.05, 3.63) is 71.1 Å². The molecule has 1 aliphatic rings. The maximum absolute atomic E-state index is 4.69. The Bertz CT molecular complexity index is 842. The molecule has 0 fully saturated rings. The summed E-state index contributed by atoms with van der Waals surface area (Å²) in [4.78, 5) is 9.38. The summed E-state index contributed by atoms with van der Waals surface area (Å²) in [5.41, 5.74) is 5.75. The smallest absolute Gasteiger partial charge is 0.263 e. The summed E-state index contributed by atoms with van der Waals surface area (Å²) in [7, 11) is 0. The van der Waals surface area contributed by atoms with Gasteiger partial charge in [0.2, 0.25) is 0 Å². The molecule has 0 radical (unpaired) electrons. The fourth-order valence-corrected chi connectivity index (χ4v) is 2.85. The summed E-state index contributed by atoms with van der Waals surface area (Å²) in [6.07, 6.45) is 3.99. The van der Waals surface area contributed by atoms with Gasteiger partial charge in [0.05, 0.1) is 11.4 Å². The van der Waals surface area contributed by atoms with E-state index in [9.17, 15) is 0 Å². The van der Waals surface area contributed by atoms with Crippen molar-refractivity contribution < 1.29 is 21.1 Å². The van der Waals surface area contributed by atoms with Crippen LogP contribution in [0.4, 0.5) is 0 Å². The minimum Gasteiger partial charge on any atom is -0.263 e. The van der Waals surface area contributed by atoms with Gasteiger partial charge in [-0.25, -0.2) is 11.1 Å². The SMILES string of the molecule is C/C1=C(\C)N=CC(C)(C)c2[c-]c(ccc2)-c2[c-]c(ccc2)C(C)(C)C=N1.[Pt+2]. The first-order valence-corrected chi connectivity index (χ1v) is 9.03. The second-order valence-electron chi connectivity index (χ2n) is 8.09. The molecule has 0 saturated heterocycles. The molecule has 1 aliphatic heterocycles. The Hall–Kier alpha value is -1.79. The third kappa shape index (κ3) is 4.74. The molecule has 0 aromatic heterocycles. The topological polar surface area (TPSA) is 24.7 Å². The van der Waals surface area contributed by atoms with Gasteiger partial charge in [-0.2, -0.15) is 36.4 Å². The molecule has 0 aliphatic carbocycles. The zero-order valence-corrected chi connectivity index (χ0v) is 19.1. The van der Waals surface area contributed by atoms with Crippen molar-refractivity contribution >= 4 is 12.4 Å². The predicted molar refractivity (Wildman–Crippen MR) is 111 cm³/mol. The van der Waals surface area contributed by atoms with Crippen LogP contribution in [0.25, 0.3) is 11.1 Å². The van der Waals surface area contributed by atoms with Crippen LogP contribution in [0.15, 0.2) is 57.8 Å². The van der Waals surface area contributed by atoms with Gasteiger partial charge in [0.25, 0.3) is 0 Å². The van der Waals surface area contributed by atoms with Gasteiger partial charge < -0.3 is 0 Å². The van der Waals surface area contributed by atoms with Gasteiger partial charge in [0.15, 0.2) is 0 Å². The Labute approximate surface area is 177 Å². The molecule has 3 rings (SSSR count). The summed E-state index contributed by atoms with van der Waals surface area (Å²) in [6, 6.07) is 19.7. The summed E-state index contributed by atoms with van der Waals surface area (Å²) < 4.78 is 0. The molecule has 0 amide bonds. The number of aliphatic imine (C=N–C) groups is 2. The Morgan fingerprint density at radius 3 is 1.41 bits per heavy atom. The van der Waals surface area contributed by atoms with E-state index in [-0.39, 0.29) is 31.9 Å². The Morgan fingerprint density at radius 2 is 1.04 bits per heavy atom. The minimum absolute atomic E-state index is 0. The fraction of sp³-hybridized carbons (Fsp3) is 0.333. The second kappa shape index (κ2) is 8.07. The molecule has 0 N–H and O–H groups in total. The van der Waals surface area contributed by atoms with Crippen molar-refractivity contribution in [1.29, 1.82) is 0 Å². The summed E-state index contributed by atoms with van der Waals surface area (Å²) >= 11 is 0. The molecule has 0 atom stereocenters. The van der Waals surface area contributed by atoms with Crippen molar-refractivity contribution in [2.75, 3.05) is 0 Å². The van der Waals surface area contributed by atoms with Crippen LogP contribution in [-0.2, 0) is 31.9 Å².